The lowest BCUT2D eigenvalue weighted by molar-refractivity contribution is 0.0929. The van der Waals surface area contributed by atoms with Crippen LogP contribution in [0.4, 0.5) is 4.39 Å². The SMILES string of the molecule is CNC(=O)c1c(-c2ccc(F)cc2)oc2ccc(-c3ccc(Cl)c(C(=O)NC4(c5ccccc5)CC4)c3)cc12. The number of nitrogens with one attached hydrogen (secondary N) is 2. The van der Waals surface area contributed by atoms with Gasteiger partial charge in [0.05, 0.1) is 21.7 Å². The summed E-state index contributed by atoms with van der Waals surface area (Å²) in [7, 11) is 1.55. The number of amides is 2. The third-order valence-electron chi connectivity index (χ3n) is 7.22. The quantitative estimate of drug-likeness (QED) is 0.237. The molecular weight excluding hydrogens is 515 g/mol. The fourth-order valence-electron chi connectivity index (χ4n) is 4.96. The van der Waals surface area contributed by atoms with E-state index in [1.165, 1.54) is 12.1 Å². The number of fused-ring (bicyclic) bond motifs is 1. The van der Waals surface area contributed by atoms with Crippen LogP contribution in [0.1, 0.15) is 39.1 Å². The second kappa shape index (κ2) is 9.71. The number of furan rings is 1. The van der Waals surface area contributed by atoms with Crippen LogP contribution in [0.5, 0.6) is 0 Å². The number of halogens is 2. The molecule has 5 nitrogen and oxygen atoms in total. The van der Waals surface area contributed by atoms with Crippen LogP contribution in [0.25, 0.3) is 33.4 Å². The zero-order valence-electron chi connectivity index (χ0n) is 21.1. The molecule has 0 aliphatic heterocycles. The van der Waals surface area contributed by atoms with Gasteiger partial charge in [0.1, 0.15) is 17.2 Å². The molecule has 6 rings (SSSR count). The fourth-order valence-corrected chi connectivity index (χ4v) is 5.17. The summed E-state index contributed by atoms with van der Waals surface area (Å²) < 4.78 is 19.6. The molecule has 1 heterocycles. The van der Waals surface area contributed by atoms with Gasteiger partial charge in [-0.15, -0.1) is 0 Å². The summed E-state index contributed by atoms with van der Waals surface area (Å²) in [6.07, 6.45) is 1.74. The first-order valence-electron chi connectivity index (χ1n) is 12.6. The molecular formula is C32H24ClFN2O3. The van der Waals surface area contributed by atoms with E-state index < -0.39 is 0 Å². The van der Waals surface area contributed by atoms with Gasteiger partial charge in [0.15, 0.2) is 0 Å². The van der Waals surface area contributed by atoms with Crippen LogP contribution in [-0.4, -0.2) is 18.9 Å². The maximum atomic E-state index is 13.5. The third-order valence-corrected chi connectivity index (χ3v) is 7.55. The van der Waals surface area contributed by atoms with Crippen LogP contribution < -0.4 is 10.6 Å². The molecule has 2 N–H and O–H groups in total. The van der Waals surface area contributed by atoms with E-state index in [2.05, 4.69) is 10.6 Å². The second-order valence-electron chi connectivity index (χ2n) is 9.70. The maximum Gasteiger partial charge on any atom is 0.255 e. The molecule has 2 amide bonds. The molecule has 194 valence electrons. The minimum Gasteiger partial charge on any atom is -0.455 e. The Bertz CT molecular complexity index is 1720. The van der Waals surface area contributed by atoms with Gasteiger partial charge in [-0.2, -0.15) is 0 Å². The highest BCUT2D eigenvalue weighted by molar-refractivity contribution is 6.34. The van der Waals surface area contributed by atoms with Crippen molar-refractivity contribution < 1.29 is 18.4 Å². The minimum absolute atomic E-state index is 0.239. The number of carbonyl (C=O) groups is 2. The van der Waals surface area contributed by atoms with Crippen molar-refractivity contribution in [2.75, 3.05) is 7.05 Å². The number of hydrogen-bond acceptors (Lipinski definition) is 3. The van der Waals surface area contributed by atoms with Gasteiger partial charge in [0.2, 0.25) is 0 Å². The lowest BCUT2D eigenvalue weighted by Crippen LogP contribution is -2.35. The van der Waals surface area contributed by atoms with Crippen LogP contribution in [0, 0.1) is 5.82 Å². The number of benzene rings is 4. The van der Waals surface area contributed by atoms with Gasteiger partial charge in [-0.3, -0.25) is 9.59 Å². The Labute approximate surface area is 229 Å². The number of rotatable bonds is 6. The van der Waals surface area contributed by atoms with Crippen LogP contribution in [-0.2, 0) is 5.54 Å². The Morgan fingerprint density at radius 1 is 0.846 bits per heavy atom. The molecule has 1 aromatic heterocycles. The molecule has 0 atom stereocenters. The van der Waals surface area contributed by atoms with E-state index in [9.17, 15) is 14.0 Å². The van der Waals surface area contributed by atoms with Crippen LogP contribution >= 0.6 is 11.6 Å². The fraction of sp³-hybridized carbons (Fsp3) is 0.125. The maximum absolute atomic E-state index is 13.5. The molecule has 0 unspecified atom stereocenters. The van der Waals surface area contributed by atoms with Crippen molar-refractivity contribution in [1.82, 2.24) is 10.6 Å². The molecule has 0 radical (unpaired) electrons. The summed E-state index contributed by atoms with van der Waals surface area (Å²) in [6.45, 7) is 0. The summed E-state index contributed by atoms with van der Waals surface area (Å²) >= 11 is 6.48. The predicted molar refractivity (Wildman–Crippen MR) is 150 cm³/mol. The highest BCUT2D eigenvalue weighted by Crippen LogP contribution is 2.46. The molecule has 5 aromatic rings. The van der Waals surface area contributed by atoms with E-state index in [0.717, 1.165) is 29.5 Å². The van der Waals surface area contributed by atoms with Gasteiger partial charge >= 0.3 is 0 Å². The van der Waals surface area contributed by atoms with E-state index in [0.29, 0.717) is 38.4 Å². The number of hydrogen-bond donors (Lipinski definition) is 2. The Morgan fingerprint density at radius 3 is 2.21 bits per heavy atom. The smallest absolute Gasteiger partial charge is 0.255 e. The summed E-state index contributed by atoms with van der Waals surface area (Å²) in [4.78, 5) is 26.3. The van der Waals surface area contributed by atoms with Gasteiger partial charge < -0.3 is 15.1 Å². The predicted octanol–water partition coefficient (Wildman–Crippen LogP) is 7.34. The van der Waals surface area contributed by atoms with E-state index in [-0.39, 0.29) is 23.2 Å². The highest BCUT2D eigenvalue weighted by Gasteiger charge is 2.45. The van der Waals surface area contributed by atoms with Crippen LogP contribution in [0.15, 0.2) is 95.4 Å². The average molecular weight is 539 g/mol. The van der Waals surface area contributed by atoms with Crippen molar-refractivity contribution in [3.63, 3.8) is 0 Å². The van der Waals surface area contributed by atoms with E-state index in [1.807, 2.05) is 48.5 Å². The first-order valence-corrected chi connectivity index (χ1v) is 13.0. The van der Waals surface area contributed by atoms with Crippen molar-refractivity contribution in [2.45, 2.75) is 18.4 Å². The first kappa shape index (κ1) is 24.9. The van der Waals surface area contributed by atoms with Crippen molar-refractivity contribution in [2.24, 2.45) is 0 Å². The monoisotopic (exact) mass is 538 g/mol. The van der Waals surface area contributed by atoms with E-state index in [4.69, 9.17) is 16.0 Å². The standard InChI is InChI=1S/C32H24ClFN2O3/c1-35-31(38)28-25-18-21(10-14-27(25)39-29(28)19-7-11-23(34)12-8-19)20-9-13-26(33)24(17-20)30(37)36-32(15-16-32)22-5-3-2-4-6-22/h2-14,17-18H,15-16H2,1H3,(H,35,38)(H,36,37). The first-order chi connectivity index (χ1) is 18.9. The molecule has 0 bridgehead atoms. The van der Waals surface area contributed by atoms with Gasteiger partial charge in [-0.1, -0.05) is 54.1 Å². The van der Waals surface area contributed by atoms with Gasteiger partial charge in [-0.05, 0) is 78.1 Å². The second-order valence-corrected chi connectivity index (χ2v) is 10.1. The van der Waals surface area contributed by atoms with Crippen molar-refractivity contribution >= 4 is 34.4 Å². The van der Waals surface area contributed by atoms with E-state index >= 15 is 0 Å². The lowest BCUT2D eigenvalue weighted by Gasteiger charge is -2.19. The Balaban J connectivity index is 1.38. The summed E-state index contributed by atoms with van der Waals surface area (Å²) in [6, 6.07) is 26.6. The molecule has 1 saturated carbocycles. The van der Waals surface area contributed by atoms with Gasteiger partial charge in [-0.25, -0.2) is 4.39 Å². The molecule has 7 heteroatoms. The summed E-state index contributed by atoms with van der Waals surface area (Å²) in [5.41, 5.74) is 4.10. The Hall–Kier alpha value is -4.42. The van der Waals surface area contributed by atoms with E-state index in [1.54, 1.807) is 37.4 Å². The van der Waals surface area contributed by atoms with Crippen LogP contribution in [0.3, 0.4) is 0 Å². The largest absolute Gasteiger partial charge is 0.455 e. The third kappa shape index (κ3) is 4.57. The molecule has 1 aliphatic rings. The zero-order valence-corrected chi connectivity index (χ0v) is 21.8. The van der Waals surface area contributed by atoms with Crippen molar-refractivity contribution in [3.8, 4) is 22.5 Å². The summed E-state index contributed by atoms with van der Waals surface area (Å²) in [5.74, 6) is -0.583. The molecule has 1 aliphatic carbocycles. The highest BCUT2D eigenvalue weighted by atomic mass is 35.5. The molecule has 39 heavy (non-hydrogen) atoms. The Morgan fingerprint density at radius 2 is 1.51 bits per heavy atom. The minimum atomic E-state index is -0.377. The van der Waals surface area contributed by atoms with Crippen molar-refractivity contribution in [1.29, 1.82) is 0 Å². The summed E-state index contributed by atoms with van der Waals surface area (Å²) in [5, 5.41) is 6.82. The van der Waals surface area contributed by atoms with Gasteiger partial charge in [0.25, 0.3) is 11.8 Å². The lowest BCUT2D eigenvalue weighted by atomic mass is 9.98. The van der Waals surface area contributed by atoms with Crippen LogP contribution in [0.2, 0.25) is 5.02 Å². The normalized spacial score (nSPS) is 13.7. The average Bonchev–Trinajstić information content (AvgIpc) is 3.64. The molecule has 0 saturated heterocycles. The zero-order chi connectivity index (χ0) is 27.1. The topological polar surface area (TPSA) is 71.3 Å². The number of carbonyl (C=O) groups excluding carboxylic acids is 2. The molecule has 0 spiro atoms. The molecule has 4 aromatic carbocycles. The Kier molecular flexibility index (Phi) is 6.20. The van der Waals surface area contributed by atoms with Gasteiger partial charge in [0, 0.05) is 18.0 Å². The molecule has 1 fully saturated rings. The van der Waals surface area contributed by atoms with Crippen molar-refractivity contribution in [3.05, 3.63) is 119 Å².